The third kappa shape index (κ3) is 4.27. The molecule has 0 bridgehead atoms. The Labute approximate surface area is 80.5 Å². The maximum Gasteiger partial charge on any atom is 0.305 e. The standard InChI is InChI=1S/C10H21NO2/c1-4-7-11-10(5-2,6-3)8-9(12)13/h11H,4-8H2,1-3H3,(H,12,13). The van der Waals surface area contributed by atoms with Crippen molar-refractivity contribution in [2.75, 3.05) is 6.54 Å². The van der Waals surface area contributed by atoms with Crippen molar-refractivity contribution in [1.82, 2.24) is 5.32 Å². The molecule has 0 aliphatic heterocycles. The van der Waals surface area contributed by atoms with E-state index in [-0.39, 0.29) is 12.0 Å². The minimum absolute atomic E-state index is 0.193. The second-order valence-electron chi connectivity index (χ2n) is 3.48. The first-order chi connectivity index (χ1) is 6.10. The first kappa shape index (κ1) is 12.4. The van der Waals surface area contributed by atoms with Gasteiger partial charge in [-0.2, -0.15) is 0 Å². The zero-order valence-corrected chi connectivity index (χ0v) is 8.89. The Bertz CT molecular complexity index is 153. The molecule has 0 aliphatic rings. The van der Waals surface area contributed by atoms with Gasteiger partial charge in [-0.25, -0.2) is 0 Å². The predicted molar refractivity (Wildman–Crippen MR) is 53.9 cm³/mol. The van der Waals surface area contributed by atoms with Gasteiger partial charge in [0.25, 0.3) is 0 Å². The van der Waals surface area contributed by atoms with Gasteiger partial charge in [0.05, 0.1) is 6.42 Å². The SMILES string of the molecule is CCCNC(CC)(CC)CC(=O)O. The summed E-state index contributed by atoms with van der Waals surface area (Å²) in [4.78, 5) is 10.7. The van der Waals surface area contributed by atoms with Crippen molar-refractivity contribution >= 4 is 5.97 Å². The van der Waals surface area contributed by atoms with Crippen LogP contribution in [-0.4, -0.2) is 23.2 Å². The van der Waals surface area contributed by atoms with Crippen molar-refractivity contribution in [3.8, 4) is 0 Å². The third-order valence-corrected chi connectivity index (χ3v) is 2.59. The molecule has 3 nitrogen and oxygen atoms in total. The molecule has 0 saturated heterocycles. The number of aliphatic carboxylic acids is 1. The summed E-state index contributed by atoms with van der Waals surface area (Å²) in [5, 5.41) is 12.1. The molecule has 0 aliphatic carbocycles. The van der Waals surface area contributed by atoms with E-state index in [2.05, 4.69) is 12.2 Å². The molecule has 78 valence electrons. The molecule has 0 atom stereocenters. The van der Waals surface area contributed by atoms with Crippen molar-refractivity contribution in [2.45, 2.75) is 52.0 Å². The van der Waals surface area contributed by atoms with E-state index in [9.17, 15) is 4.79 Å². The Hall–Kier alpha value is -0.570. The zero-order chi connectivity index (χ0) is 10.3. The lowest BCUT2D eigenvalue weighted by molar-refractivity contribution is -0.138. The van der Waals surface area contributed by atoms with Gasteiger partial charge in [-0.1, -0.05) is 20.8 Å². The zero-order valence-electron chi connectivity index (χ0n) is 8.89. The van der Waals surface area contributed by atoms with Crippen LogP contribution in [0.4, 0.5) is 0 Å². The largest absolute Gasteiger partial charge is 0.481 e. The van der Waals surface area contributed by atoms with Crippen LogP contribution in [0.1, 0.15) is 46.5 Å². The summed E-state index contributed by atoms with van der Waals surface area (Å²) in [5.41, 5.74) is -0.193. The van der Waals surface area contributed by atoms with Crippen LogP contribution in [0.15, 0.2) is 0 Å². The Kier molecular flexibility index (Phi) is 5.71. The molecule has 0 spiro atoms. The minimum atomic E-state index is -0.715. The second-order valence-corrected chi connectivity index (χ2v) is 3.48. The van der Waals surface area contributed by atoms with Crippen molar-refractivity contribution < 1.29 is 9.90 Å². The topological polar surface area (TPSA) is 49.3 Å². The van der Waals surface area contributed by atoms with Gasteiger partial charge in [-0.15, -0.1) is 0 Å². The van der Waals surface area contributed by atoms with Crippen molar-refractivity contribution in [2.24, 2.45) is 0 Å². The molecule has 0 heterocycles. The van der Waals surface area contributed by atoms with Gasteiger partial charge in [-0.3, -0.25) is 4.79 Å². The summed E-state index contributed by atoms with van der Waals surface area (Å²) < 4.78 is 0. The predicted octanol–water partition coefficient (Wildman–Crippen LogP) is 2.02. The van der Waals surface area contributed by atoms with Crippen LogP contribution in [0.2, 0.25) is 0 Å². The number of carbonyl (C=O) groups is 1. The lowest BCUT2D eigenvalue weighted by Gasteiger charge is -2.31. The fraction of sp³-hybridized carbons (Fsp3) is 0.900. The van der Waals surface area contributed by atoms with Gasteiger partial charge in [0.2, 0.25) is 0 Å². The molecular formula is C10H21NO2. The van der Waals surface area contributed by atoms with Crippen LogP contribution in [0, 0.1) is 0 Å². The molecule has 2 N–H and O–H groups in total. The van der Waals surface area contributed by atoms with Crippen LogP contribution in [-0.2, 0) is 4.79 Å². The third-order valence-electron chi connectivity index (χ3n) is 2.59. The average molecular weight is 187 g/mol. The van der Waals surface area contributed by atoms with E-state index in [1.165, 1.54) is 0 Å². The Morgan fingerprint density at radius 2 is 1.85 bits per heavy atom. The van der Waals surface area contributed by atoms with E-state index in [1.54, 1.807) is 0 Å². The fourth-order valence-corrected chi connectivity index (χ4v) is 1.49. The smallest absolute Gasteiger partial charge is 0.305 e. The van der Waals surface area contributed by atoms with E-state index in [1.807, 2.05) is 13.8 Å². The van der Waals surface area contributed by atoms with E-state index in [0.29, 0.717) is 0 Å². The highest BCUT2D eigenvalue weighted by molar-refractivity contribution is 5.68. The van der Waals surface area contributed by atoms with Crippen molar-refractivity contribution in [1.29, 1.82) is 0 Å². The number of carboxylic acid groups (broad SMARTS) is 1. The van der Waals surface area contributed by atoms with Gasteiger partial charge in [0, 0.05) is 5.54 Å². The van der Waals surface area contributed by atoms with Gasteiger partial charge in [0.1, 0.15) is 0 Å². The van der Waals surface area contributed by atoms with E-state index < -0.39 is 5.97 Å². The average Bonchev–Trinajstić information content (AvgIpc) is 2.12. The summed E-state index contributed by atoms with van der Waals surface area (Å²) in [6, 6.07) is 0. The summed E-state index contributed by atoms with van der Waals surface area (Å²) in [5.74, 6) is -0.715. The van der Waals surface area contributed by atoms with Crippen LogP contribution < -0.4 is 5.32 Å². The van der Waals surface area contributed by atoms with E-state index in [0.717, 1.165) is 25.8 Å². The van der Waals surface area contributed by atoms with Crippen molar-refractivity contribution in [3.63, 3.8) is 0 Å². The number of nitrogens with one attached hydrogen (secondary N) is 1. The molecule has 13 heavy (non-hydrogen) atoms. The number of hydrogen-bond acceptors (Lipinski definition) is 2. The van der Waals surface area contributed by atoms with Crippen LogP contribution >= 0.6 is 0 Å². The molecule has 0 aromatic rings. The Morgan fingerprint density at radius 3 is 2.15 bits per heavy atom. The Morgan fingerprint density at radius 1 is 1.31 bits per heavy atom. The second kappa shape index (κ2) is 5.97. The molecule has 3 heteroatoms. The molecule has 0 aromatic carbocycles. The number of hydrogen-bond donors (Lipinski definition) is 2. The first-order valence-corrected chi connectivity index (χ1v) is 5.07. The molecule has 0 amide bonds. The molecule has 0 unspecified atom stereocenters. The van der Waals surface area contributed by atoms with Crippen molar-refractivity contribution in [3.05, 3.63) is 0 Å². The minimum Gasteiger partial charge on any atom is -0.481 e. The normalized spacial score (nSPS) is 11.6. The first-order valence-electron chi connectivity index (χ1n) is 5.07. The van der Waals surface area contributed by atoms with Crippen LogP contribution in [0.3, 0.4) is 0 Å². The highest BCUT2D eigenvalue weighted by atomic mass is 16.4. The van der Waals surface area contributed by atoms with E-state index in [4.69, 9.17) is 5.11 Å². The van der Waals surface area contributed by atoms with Gasteiger partial charge in [-0.05, 0) is 25.8 Å². The molecule has 0 saturated carbocycles. The lowest BCUT2D eigenvalue weighted by Crippen LogP contribution is -2.46. The van der Waals surface area contributed by atoms with Gasteiger partial charge >= 0.3 is 5.97 Å². The number of carboxylic acids is 1. The van der Waals surface area contributed by atoms with Crippen LogP contribution in [0.5, 0.6) is 0 Å². The lowest BCUT2D eigenvalue weighted by atomic mass is 9.89. The van der Waals surface area contributed by atoms with Gasteiger partial charge in [0.15, 0.2) is 0 Å². The van der Waals surface area contributed by atoms with Crippen LogP contribution in [0.25, 0.3) is 0 Å². The highest BCUT2D eigenvalue weighted by Crippen LogP contribution is 2.19. The maximum atomic E-state index is 10.7. The monoisotopic (exact) mass is 187 g/mol. The van der Waals surface area contributed by atoms with E-state index >= 15 is 0 Å². The maximum absolute atomic E-state index is 10.7. The molecule has 0 radical (unpaired) electrons. The molecule has 0 rings (SSSR count). The summed E-state index contributed by atoms with van der Waals surface area (Å²) >= 11 is 0. The molecular weight excluding hydrogens is 166 g/mol. The summed E-state index contributed by atoms with van der Waals surface area (Å²) in [7, 11) is 0. The number of rotatable bonds is 7. The summed E-state index contributed by atoms with van der Waals surface area (Å²) in [6.45, 7) is 7.06. The van der Waals surface area contributed by atoms with Gasteiger partial charge < -0.3 is 10.4 Å². The molecule has 0 fully saturated rings. The Balaban J connectivity index is 4.21. The quantitative estimate of drug-likeness (QED) is 0.641. The fourth-order valence-electron chi connectivity index (χ4n) is 1.49. The molecule has 0 aromatic heterocycles. The summed E-state index contributed by atoms with van der Waals surface area (Å²) in [6.07, 6.45) is 3.01. The highest BCUT2D eigenvalue weighted by Gasteiger charge is 2.27.